The van der Waals surface area contributed by atoms with Crippen molar-refractivity contribution in [2.24, 2.45) is 11.7 Å². The first-order valence-corrected chi connectivity index (χ1v) is 6.13. The molecule has 0 spiro atoms. The van der Waals surface area contributed by atoms with Crippen LogP contribution >= 0.6 is 11.6 Å². The molecule has 0 bridgehead atoms. The quantitative estimate of drug-likeness (QED) is 0.817. The summed E-state index contributed by atoms with van der Waals surface area (Å²) in [6.07, 6.45) is 6.23. The van der Waals surface area contributed by atoms with E-state index >= 15 is 0 Å². The first-order valence-electron chi connectivity index (χ1n) is 5.76. The van der Waals surface area contributed by atoms with Crippen molar-refractivity contribution < 1.29 is 0 Å². The SMILES string of the molecule is N[C@@H]1CCCC[C@H]1Cc1ccc(Cl)cc1. The third-order valence-electron chi connectivity index (χ3n) is 3.38. The zero-order valence-corrected chi connectivity index (χ0v) is 9.71. The van der Waals surface area contributed by atoms with Gasteiger partial charge in [0.05, 0.1) is 0 Å². The second-order valence-corrected chi connectivity index (χ2v) is 4.98. The van der Waals surface area contributed by atoms with Gasteiger partial charge in [-0.25, -0.2) is 0 Å². The van der Waals surface area contributed by atoms with Crippen molar-refractivity contribution in [1.29, 1.82) is 0 Å². The van der Waals surface area contributed by atoms with Gasteiger partial charge in [-0.2, -0.15) is 0 Å². The van der Waals surface area contributed by atoms with Gasteiger partial charge in [0, 0.05) is 11.1 Å². The summed E-state index contributed by atoms with van der Waals surface area (Å²) in [6, 6.07) is 8.55. The van der Waals surface area contributed by atoms with Crippen LogP contribution in [-0.4, -0.2) is 6.04 Å². The number of rotatable bonds is 2. The van der Waals surface area contributed by atoms with Crippen molar-refractivity contribution in [3.63, 3.8) is 0 Å². The summed E-state index contributed by atoms with van der Waals surface area (Å²) in [5, 5.41) is 0.812. The monoisotopic (exact) mass is 223 g/mol. The highest BCUT2D eigenvalue weighted by molar-refractivity contribution is 6.30. The molecule has 0 aromatic heterocycles. The van der Waals surface area contributed by atoms with E-state index in [0.29, 0.717) is 12.0 Å². The zero-order valence-electron chi connectivity index (χ0n) is 8.95. The topological polar surface area (TPSA) is 26.0 Å². The molecule has 82 valence electrons. The Morgan fingerprint density at radius 2 is 1.80 bits per heavy atom. The first-order chi connectivity index (χ1) is 7.25. The van der Waals surface area contributed by atoms with Crippen molar-refractivity contribution in [2.45, 2.75) is 38.1 Å². The fraction of sp³-hybridized carbons (Fsp3) is 0.538. The summed E-state index contributed by atoms with van der Waals surface area (Å²) in [4.78, 5) is 0. The zero-order chi connectivity index (χ0) is 10.7. The van der Waals surface area contributed by atoms with Crippen molar-refractivity contribution in [3.8, 4) is 0 Å². The minimum absolute atomic E-state index is 0.398. The lowest BCUT2D eigenvalue weighted by atomic mass is 9.81. The van der Waals surface area contributed by atoms with Crippen LogP contribution in [0.1, 0.15) is 31.2 Å². The van der Waals surface area contributed by atoms with Crippen LogP contribution in [0.25, 0.3) is 0 Å². The summed E-state index contributed by atoms with van der Waals surface area (Å²) in [6.45, 7) is 0. The van der Waals surface area contributed by atoms with Crippen molar-refractivity contribution in [3.05, 3.63) is 34.9 Å². The van der Waals surface area contributed by atoms with Gasteiger partial charge >= 0.3 is 0 Å². The van der Waals surface area contributed by atoms with Crippen LogP contribution in [0, 0.1) is 5.92 Å². The van der Waals surface area contributed by atoms with Gasteiger partial charge in [0.25, 0.3) is 0 Å². The Morgan fingerprint density at radius 3 is 2.47 bits per heavy atom. The second-order valence-electron chi connectivity index (χ2n) is 4.54. The minimum Gasteiger partial charge on any atom is -0.327 e. The van der Waals surface area contributed by atoms with Gasteiger partial charge in [-0.1, -0.05) is 36.6 Å². The largest absolute Gasteiger partial charge is 0.327 e. The van der Waals surface area contributed by atoms with E-state index in [2.05, 4.69) is 12.1 Å². The smallest absolute Gasteiger partial charge is 0.0406 e. The van der Waals surface area contributed by atoms with Gasteiger partial charge in [-0.3, -0.25) is 0 Å². The lowest BCUT2D eigenvalue weighted by Gasteiger charge is -2.28. The number of benzene rings is 1. The van der Waals surface area contributed by atoms with Crippen LogP contribution in [0.2, 0.25) is 5.02 Å². The van der Waals surface area contributed by atoms with Crippen molar-refractivity contribution in [2.75, 3.05) is 0 Å². The molecule has 0 amide bonds. The van der Waals surface area contributed by atoms with Gasteiger partial charge in [-0.15, -0.1) is 0 Å². The number of nitrogens with two attached hydrogens (primary N) is 1. The molecular weight excluding hydrogens is 206 g/mol. The van der Waals surface area contributed by atoms with E-state index < -0.39 is 0 Å². The summed E-state index contributed by atoms with van der Waals surface area (Å²) < 4.78 is 0. The molecule has 1 fully saturated rings. The van der Waals surface area contributed by atoms with Gasteiger partial charge in [0.2, 0.25) is 0 Å². The van der Waals surface area contributed by atoms with E-state index in [1.165, 1.54) is 31.2 Å². The maximum absolute atomic E-state index is 6.13. The molecule has 2 atom stereocenters. The molecule has 0 unspecified atom stereocenters. The molecule has 1 aliphatic carbocycles. The Bertz CT molecular complexity index is 307. The van der Waals surface area contributed by atoms with Crippen LogP contribution in [0.15, 0.2) is 24.3 Å². The maximum atomic E-state index is 6.13. The molecule has 2 N–H and O–H groups in total. The van der Waals surface area contributed by atoms with E-state index in [1.54, 1.807) is 0 Å². The lowest BCUT2D eigenvalue weighted by Crippen LogP contribution is -2.34. The Balaban J connectivity index is 1.98. The molecule has 1 aliphatic rings. The molecule has 1 aromatic rings. The van der Waals surface area contributed by atoms with E-state index in [0.717, 1.165) is 11.4 Å². The highest BCUT2D eigenvalue weighted by atomic mass is 35.5. The van der Waals surface area contributed by atoms with Gasteiger partial charge in [0.15, 0.2) is 0 Å². The summed E-state index contributed by atoms with van der Waals surface area (Å²) in [7, 11) is 0. The molecule has 2 rings (SSSR count). The molecular formula is C13H18ClN. The number of halogens is 1. The predicted octanol–water partition coefficient (Wildman–Crippen LogP) is 3.40. The molecule has 1 nitrogen and oxygen atoms in total. The summed E-state index contributed by atoms with van der Waals surface area (Å²) in [5.41, 5.74) is 7.49. The Morgan fingerprint density at radius 1 is 1.13 bits per heavy atom. The van der Waals surface area contributed by atoms with Gasteiger partial charge < -0.3 is 5.73 Å². The summed E-state index contributed by atoms with van der Waals surface area (Å²) in [5.74, 6) is 0.667. The van der Waals surface area contributed by atoms with Crippen molar-refractivity contribution >= 4 is 11.6 Å². The van der Waals surface area contributed by atoms with E-state index in [9.17, 15) is 0 Å². The fourth-order valence-electron chi connectivity index (χ4n) is 2.41. The van der Waals surface area contributed by atoms with Crippen LogP contribution in [0.5, 0.6) is 0 Å². The minimum atomic E-state index is 0.398. The Kier molecular flexibility index (Phi) is 3.66. The maximum Gasteiger partial charge on any atom is 0.0406 e. The third kappa shape index (κ3) is 2.96. The summed E-state index contributed by atoms with van der Waals surface area (Å²) >= 11 is 5.86. The van der Waals surface area contributed by atoms with Crippen LogP contribution in [0.3, 0.4) is 0 Å². The average molecular weight is 224 g/mol. The van der Waals surface area contributed by atoms with Crippen LogP contribution < -0.4 is 5.73 Å². The number of hydrogen-bond donors (Lipinski definition) is 1. The highest BCUT2D eigenvalue weighted by Gasteiger charge is 2.21. The van der Waals surface area contributed by atoms with E-state index in [4.69, 9.17) is 17.3 Å². The van der Waals surface area contributed by atoms with E-state index in [-0.39, 0.29) is 0 Å². The molecule has 15 heavy (non-hydrogen) atoms. The molecule has 0 radical (unpaired) electrons. The second kappa shape index (κ2) is 5.00. The number of hydrogen-bond acceptors (Lipinski definition) is 1. The molecule has 0 saturated heterocycles. The van der Waals surface area contributed by atoms with Crippen LogP contribution in [-0.2, 0) is 6.42 Å². The molecule has 0 aliphatic heterocycles. The molecule has 1 saturated carbocycles. The van der Waals surface area contributed by atoms with E-state index in [1.807, 2.05) is 12.1 Å². The highest BCUT2D eigenvalue weighted by Crippen LogP contribution is 2.26. The first kappa shape index (κ1) is 11.0. The normalized spacial score (nSPS) is 26.5. The third-order valence-corrected chi connectivity index (χ3v) is 3.63. The lowest BCUT2D eigenvalue weighted by molar-refractivity contribution is 0.306. The van der Waals surface area contributed by atoms with Gasteiger partial charge in [0.1, 0.15) is 0 Å². The fourth-order valence-corrected chi connectivity index (χ4v) is 2.54. The Labute approximate surface area is 96.6 Å². The van der Waals surface area contributed by atoms with Gasteiger partial charge in [-0.05, 0) is 42.9 Å². The molecule has 0 heterocycles. The van der Waals surface area contributed by atoms with Crippen molar-refractivity contribution in [1.82, 2.24) is 0 Å². The Hall–Kier alpha value is -0.530. The molecule has 1 aromatic carbocycles. The predicted molar refractivity (Wildman–Crippen MR) is 65.1 cm³/mol. The average Bonchev–Trinajstić information content (AvgIpc) is 2.25. The van der Waals surface area contributed by atoms with Crippen LogP contribution in [0.4, 0.5) is 0 Å². The molecule has 2 heteroatoms. The standard InChI is InChI=1S/C13H18ClN/c14-12-7-5-10(6-8-12)9-11-3-1-2-4-13(11)15/h5-8,11,13H,1-4,9,15H2/t11-,13+/m0/s1.